The van der Waals surface area contributed by atoms with E-state index in [1.165, 1.54) is 0 Å². The molecule has 1 aromatic heterocycles. The van der Waals surface area contributed by atoms with Gasteiger partial charge in [-0.05, 0) is 39.3 Å². The van der Waals surface area contributed by atoms with Crippen LogP contribution in [0.4, 0.5) is 0 Å². The summed E-state index contributed by atoms with van der Waals surface area (Å²) in [6.07, 6.45) is 3.56. The Hall–Kier alpha value is -0.623. The van der Waals surface area contributed by atoms with Gasteiger partial charge in [-0.1, -0.05) is 0 Å². The molecule has 1 heterocycles. The monoisotopic (exact) mass is 272 g/mol. The summed E-state index contributed by atoms with van der Waals surface area (Å²) in [5.41, 5.74) is 0. The Labute approximate surface area is 111 Å². The Morgan fingerprint density at radius 1 is 1.06 bits per heavy atom. The Morgan fingerprint density at radius 2 is 1.67 bits per heavy atom. The SMILES string of the molecule is CCO[Si](CCCc1ccco1)(OCC)OCC. The van der Waals surface area contributed by atoms with Crippen molar-refractivity contribution in [3.63, 3.8) is 0 Å². The summed E-state index contributed by atoms with van der Waals surface area (Å²) in [5.74, 6) is 1.00. The van der Waals surface area contributed by atoms with Crippen LogP contribution in [0, 0.1) is 0 Å². The van der Waals surface area contributed by atoms with Crippen LogP contribution in [0.25, 0.3) is 0 Å². The Bertz CT molecular complexity index is 283. The molecule has 18 heavy (non-hydrogen) atoms. The third-order valence-corrected chi connectivity index (χ3v) is 5.73. The fourth-order valence-electron chi connectivity index (χ4n) is 1.94. The largest absolute Gasteiger partial charge is 0.500 e. The van der Waals surface area contributed by atoms with Gasteiger partial charge in [0.05, 0.1) is 6.26 Å². The van der Waals surface area contributed by atoms with Crippen LogP contribution in [0.15, 0.2) is 22.8 Å². The molecule has 0 unspecified atom stereocenters. The van der Waals surface area contributed by atoms with E-state index in [0.717, 1.165) is 24.6 Å². The van der Waals surface area contributed by atoms with Crippen molar-refractivity contribution in [3.05, 3.63) is 24.2 Å². The summed E-state index contributed by atoms with van der Waals surface area (Å²) in [7, 11) is -2.47. The summed E-state index contributed by atoms with van der Waals surface area (Å²) >= 11 is 0. The normalized spacial score (nSPS) is 11.9. The molecule has 5 heteroatoms. The molecule has 0 bridgehead atoms. The van der Waals surface area contributed by atoms with Gasteiger partial charge in [-0.3, -0.25) is 0 Å². The van der Waals surface area contributed by atoms with Crippen molar-refractivity contribution in [1.29, 1.82) is 0 Å². The van der Waals surface area contributed by atoms with Crippen LogP contribution in [0.3, 0.4) is 0 Å². The first kappa shape index (κ1) is 15.4. The number of rotatable bonds is 10. The quantitative estimate of drug-likeness (QED) is 0.613. The molecule has 0 spiro atoms. The molecule has 0 aliphatic heterocycles. The number of hydrogen-bond acceptors (Lipinski definition) is 4. The van der Waals surface area contributed by atoms with E-state index < -0.39 is 8.80 Å². The summed E-state index contributed by atoms with van der Waals surface area (Å²) in [6.45, 7) is 7.83. The van der Waals surface area contributed by atoms with E-state index in [2.05, 4.69) is 0 Å². The van der Waals surface area contributed by atoms with Crippen molar-refractivity contribution < 1.29 is 17.7 Å². The molecule has 1 aromatic rings. The van der Waals surface area contributed by atoms with Crippen LogP contribution in [0.2, 0.25) is 6.04 Å². The molecule has 0 aliphatic rings. The van der Waals surface area contributed by atoms with Crippen LogP contribution in [-0.2, 0) is 19.7 Å². The first-order valence-corrected chi connectivity index (χ1v) is 8.63. The van der Waals surface area contributed by atoms with Gasteiger partial charge in [-0.2, -0.15) is 0 Å². The fraction of sp³-hybridized carbons (Fsp3) is 0.692. The van der Waals surface area contributed by atoms with Gasteiger partial charge >= 0.3 is 8.80 Å². The Balaban J connectivity index is 2.47. The highest BCUT2D eigenvalue weighted by Gasteiger charge is 2.39. The number of hydrogen-bond donors (Lipinski definition) is 0. The Morgan fingerprint density at radius 3 is 2.11 bits per heavy atom. The zero-order valence-corrected chi connectivity index (χ0v) is 12.6. The van der Waals surface area contributed by atoms with Crippen molar-refractivity contribution in [2.75, 3.05) is 19.8 Å². The van der Waals surface area contributed by atoms with Crippen LogP contribution >= 0.6 is 0 Å². The second-order valence-corrected chi connectivity index (χ2v) is 6.65. The third kappa shape index (κ3) is 4.94. The minimum Gasteiger partial charge on any atom is -0.469 e. The summed E-state index contributed by atoms with van der Waals surface area (Å²) < 4.78 is 22.7. The van der Waals surface area contributed by atoms with Crippen molar-refractivity contribution in [2.24, 2.45) is 0 Å². The van der Waals surface area contributed by atoms with E-state index in [4.69, 9.17) is 17.7 Å². The fourth-order valence-corrected chi connectivity index (χ4v) is 4.55. The van der Waals surface area contributed by atoms with Crippen molar-refractivity contribution in [3.8, 4) is 0 Å². The smallest absolute Gasteiger partial charge is 0.469 e. The van der Waals surface area contributed by atoms with Gasteiger partial charge in [0.2, 0.25) is 0 Å². The van der Waals surface area contributed by atoms with Crippen LogP contribution < -0.4 is 0 Å². The first-order chi connectivity index (χ1) is 8.76. The number of aryl methyl sites for hydroxylation is 1. The van der Waals surface area contributed by atoms with E-state index >= 15 is 0 Å². The van der Waals surface area contributed by atoms with E-state index in [0.29, 0.717) is 19.8 Å². The molecular formula is C13H24O4Si. The second kappa shape index (κ2) is 8.47. The highest BCUT2D eigenvalue weighted by atomic mass is 28.4. The van der Waals surface area contributed by atoms with E-state index in [9.17, 15) is 0 Å². The molecule has 0 atom stereocenters. The van der Waals surface area contributed by atoms with Crippen LogP contribution in [0.1, 0.15) is 33.0 Å². The zero-order valence-electron chi connectivity index (χ0n) is 11.6. The van der Waals surface area contributed by atoms with Crippen molar-refractivity contribution in [1.82, 2.24) is 0 Å². The molecule has 0 aromatic carbocycles. The molecule has 4 nitrogen and oxygen atoms in total. The molecule has 0 N–H and O–H groups in total. The summed E-state index contributed by atoms with van der Waals surface area (Å²) in [5, 5.41) is 0. The van der Waals surface area contributed by atoms with E-state index in [1.54, 1.807) is 6.26 Å². The van der Waals surface area contributed by atoms with Crippen molar-refractivity contribution >= 4 is 8.80 Å². The summed E-state index contributed by atoms with van der Waals surface area (Å²) in [4.78, 5) is 0. The highest BCUT2D eigenvalue weighted by molar-refractivity contribution is 6.60. The van der Waals surface area contributed by atoms with Crippen LogP contribution in [0.5, 0.6) is 0 Å². The Kier molecular flexibility index (Phi) is 7.27. The van der Waals surface area contributed by atoms with Gasteiger partial charge in [0.1, 0.15) is 5.76 Å². The molecule has 0 radical (unpaired) electrons. The lowest BCUT2D eigenvalue weighted by Gasteiger charge is -2.28. The predicted molar refractivity (Wildman–Crippen MR) is 72.5 cm³/mol. The molecule has 0 amide bonds. The average Bonchev–Trinajstić information content (AvgIpc) is 2.83. The van der Waals surface area contributed by atoms with Gasteiger partial charge in [0.25, 0.3) is 0 Å². The lowest BCUT2D eigenvalue weighted by Crippen LogP contribution is -2.46. The lowest BCUT2D eigenvalue weighted by molar-refractivity contribution is 0.0708. The predicted octanol–water partition coefficient (Wildman–Crippen LogP) is 3.26. The molecule has 1 rings (SSSR count). The van der Waals surface area contributed by atoms with E-state index in [-0.39, 0.29) is 0 Å². The summed E-state index contributed by atoms with van der Waals surface area (Å²) in [6, 6.07) is 4.74. The lowest BCUT2D eigenvalue weighted by atomic mass is 10.3. The van der Waals surface area contributed by atoms with E-state index in [1.807, 2.05) is 32.9 Å². The topological polar surface area (TPSA) is 40.8 Å². The van der Waals surface area contributed by atoms with Gasteiger partial charge in [-0.25, -0.2) is 0 Å². The molecule has 0 saturated carbocycles. The average molecular weight is 272 g/mol. The molecule has 0 aliphatic carbocycles. The molecule has 0 fully saturated rings. The highest BCUT2D eigenvalue weighted by Crippen LogP contribution is 2.20. The minimum atomic E-state index is -2.47. The first-order valence-electron chi connectivity index (χ1n) is 6.70. The van der Waals surface area contributed by atoms with Gasteiger partial charge in [0, 0.05) is 32.3 Å². The van der Waals surface area contributed by atoms with Crippen molar-refractivity contribution in [2.45, 2.75) is 39.7 Å². The van der Waals surface area contributed by atoms with Gasteiger partial charge in [0.15, 0.2) is 0 Å². The molecular weight excluding hydrogens is 248 g/mol. The zero-order chi connectivity index (χ0) is 13.3. The third-order valence-electron chi connectivity index (χ3n) is 2.58. The van der Waals surface area contributed by atoms with Crippen LogP contribution in [-0.4, -0.2) is 28.6 Å². The van der Waals surface area contributed by atoms with Gasteiger partial charge in [-0.15, -0.1) is 0 Å². The maximum Gasteiger partial charge on any atom is 0.500 e. The maximum atomic E-state index is 5.79. The second-order valence-electron chi connectivity index (χ2n) is 3.91. The molecule has 0 saturated heterocycles. The standard InChI is InChI=1S/C13H24O4Si/c1-4-15-18(16-5-2,17-6-3)12-8-10-13-9-7-11-14-13/h7,9,11H,4-6,8,10,12H2,1-3H3. The number of furan rings is 1. The van der Waals surface area contributed by atoms with Gasteiger partial charge < -0.3 is 17.7 Å². The minimum absolute atomic E-state index is 0.632. The maximum absolute atomic E-state index is 5.79. The molecule has 104 valence electrons.